The van der Waals surface area contributed by atoms with Crippen LogP contribution in [0.5, 0.6) is 0 Å². The van der Waals surface area contributed by atoms with Crippen molar-refractivity contribution >= 4 is 11.8 Å². The lowest BCUT2D eigenvalue weighted by atomic mass is 10.0. The van der Waals surface area contributed by atoms with E-state index in [1.165, 1.54) is 0 Å². The first-order chi connectivity index (χ1) is 9.08. The lowest BCUT2D eigenvalue weighted by molar-refractivity contribution is -0.137. The maximum absolute atomic E-state index is 10.6. The molecule has 1 fully saturated rings. The molecule has 5 heteroatoms. The summed E-state index contributed by atoms with van der Waals surface area (Å²) in [5.41, 5.74) is 0.996. The Morgan fingerprint density at radius 3 is 3.00 bits per heavy atom. The molecule has 2 heterocycles. The molecule has 1 aliphatic heterocycles. The fourth-order valence-electron chi connectivity index (χ4n) is 2.54. The van der Waals surface area contributed by atoms with Crippen LogP contribution in [-0.2, 0) is 11.2 Å². The van der Waals surface area contributed by atoms with Crippen LogP contribution < -0.4 is 4.90 Å². The largest absolute Gasteiger partial charge is 0.481 e. The first kappa shape index (κ1) is 13.8. The van der Waals surface area contributed by atoms with Gasteiger partial charge in [0.1, 0.15) is 11.6 Å². The van der Waals surface area contributed by atoms with Crippen molar-refractivity contribution in [2.24, 2.45) is 5.92 Å². The van der Waals surface area contributed by atoms with Gasteiger partial charge >= 0.3 is 5.97 Å². The van der Waals surface area contributed by atoms with Crippen molar-refractivity contribution in [3.05, 3.63) is 17.6 Å². The van der Waals surface area contributed by atoms with Gasteiger partial charge in [0.15, 0.2) is 0 Å². The van der Waals surface area contributed by atoms with Crippen LogP contribution in [0.1, 0.15) is 37.7 Å². The molecule has 5 nitrogen and oxygen atoms in total. The molecule has 0 spiro atoms. The molecule has 104 valence electrons. The lowest BCUT2D eigenvalue weighted by Gasteiger charge is -2.18. The van der Waals surface area contributed by atoms with Gasteiger partial charge in [-0.15, -0.1) is 0 Å². The van der Waals surface area contributed by atoms with Gasteiger partial charge in [-0.05, 0) is 25.7 Å². The Hall–Kier alpha value is -1.65. The van der Waals surface area contributed by atoms with E-state index >= 15 is 0 Å². The van der Waals surface area contributed by atoms with Gasteiger partial charge in [-0.1, -0.05) is 6.92 Å². The Bertz CT molecular complexity index is 462. The molecule has 1 aliphatic rings. The molecule has 2 rings (SSSR count). The third-order valence-corrected chi connectivity index (χ3v) is 3.58. The van der Waals surface area contributed by atoms with Crippen molar-refractivity contribution in [1.82, 2.24) is 9.97 Å². The van der Waals surface area contributed by atoms with E-state index in [2.05, 4.69) is 21.8 Å². The third-order valence-electron chi connectivity index (χ3n) is 3.58. The van der Waals surface area contributed by atoms with Crippen molar-refractivity contribution in [3.63, 3.8) is 0 Å². The zero-order chi connectivity index (χ0) is 13.8. The van der Waals surface area contributed by atoms with Gasteiger partial charge < -0.3 is 10.0 Å². The Labute approximate surface area is 113 Å². The predicted octanol–water partition coefficient (Wildman–Crippen LogP) is 2.04. The van der Waals surface area contributed by atoms with E-state index < -0.39 is 5.97 Å². The zero-order valence-corrected chi connectivity index (χ0v) is 11.6. The minimum Gasteiger partial charge on any atom is -0.481 e. The minimum atomic E-state index is -0.704. The second-order valence-electron chi connectivity index (χ2n) is 5.17. The highest BCUT2D eigenvalue weighted by Gasteiger charge is 2.24. The van der Waals surface area contributed by atoms with Gasteiger partial charge in [0.25, 0.3) is 0 Å². The molecule has 1 N–H and O–H groups in total. The average molecular weight is 263 g/mol. The number of hydrogen-bond acceptors (Lipinski definition) is 4. The first-order valence-corrected chi connectivity index (χ1v) is 6.89. The monoisotopic (exact) mass is 263 g/mol. The van der Waals surface area contributed by atoms with Gasteiger partial charge in [0, 0.05) is 37.7 Å². The van der Waals surface area contributed by atoms with Crippen LogP contribution in [-0.4, -0.2) is 34.1 Å². The summed E-state index contributed by atoms with van der Waals surface area (Å²) in [4.78, 5) is 21.8. The molecule has 0 radical (unpaired) electrons. The summed E-state index contributed by atoms with van der Waals surface area (Å²) in [6.45, 7) is 5.91. The summed E-state index contributed by atoms with van der Waals surface area (Å²) < 4.78 is 0. The van der Waals surface area contributed by atoms with Crippen LogP contribution in [0.4, 0.5) is 5.82 Å². The Kier molecular flexibility index (Phi) is 4.35. The topological polar surface area (TPSA) is 66.3 Å². The number of aliphatic carboxylic acids is 1. The molecule has 19 heavy (non-hydrogen) atoms. The number of hydrogen-bond donors (Lipinski definition) is 1. The van der Waals surface area contributed by atoms with Crippen molar-refractivity contribution in [1.29, 1.82) is 0 Å². The molecule has 1 unspecified atom stereocenters. The number of carboxylic acid groups (broad SMARTS) is 1. The smallest absolute Gasteiger partial charge is 0.303 e. The van der Waals surface area contributed by atoms with Crippen molar-refractivity contribution < 1.29 is 9.90 Å². The van der Waals surface area contributed by atoms with Gasteiger partial charge in [-0.25, -0.2) is 9.97 Å². The fourth-order valence-corrected chi connectivity index (χ4v) is 2.54. The molecule has 0 aromatic carbocycles. The highest BCUT2D eigenvalue weighted by atomic mass is 16.4. The number of carboxylic acids is 1. The number of rotatable bonds is 5. The quantitative estimate of drug-likeness (QED) is 0.880. The second-order valence-corrected chi connectivity index (χ2v) is 5.17. The SMILES string of the molecule is CCc1nc(C)cc(N2CCC(CCC(=O)O)C2)n1. The maximum Gasteiger partial charge on any atom is 0.303 e. The Morgan fingerprint density at radius 1 is 1.53 bits per heavy atom. The van der Waals surface area contributed by atoms with E-state index in [4.69, 9.17) is 5.11 Å². The number of aromatic nitrogens is 2. The van der Waals surface area contributed by atoms with E-state index in [0.29, 0.717) is 5.92 Å². The summed E-state index contributed by atoms with van der Waals surface area (Å²) in [6.07, 6.45) is 2.92. The molecule has 1 aromatic heterocycles. The molecular weight excluding hydrogens is 242 g/mol. The van der Waals surface area contributed by atoms with Crippen LogP contribution in [0, 0.1) is 12.8 Å². The number of nitrogens with zero attached hydrogens (tertiary/aromatic N) is 3. The summed E-state index contributed by atoms with van der Waals surface area (Å²) in [5.74, 6) is 1.63. The summed E-state index contributed by atoms with van der Waals surface area (Å²) in [7, 11) is 0. The molecule has 1 saturated heterocycles. The normalized spacial score (nSPS) is 18.8. The van der Waals surface area contributed by atoms with E-state index in [0.717, 1.165) is 49.7 Å². The Balaban J connectivity index is 2.00. The molecule has 0 amide bonds. The highest BCUT2D eigenvalue weighted by Crippen LogP contribution is 2.25. The predicted molar refractivity (Wildman–Crippen MR) is 73.3 cm³/mol. The third kappa shape index (κ3) is 3.66. The summed E-state index contributed by atoms with van der Waals surface area (Å²) >= 11 is 0. The molecule has 0 saturated carbocycles. The average Bonchev–Trinajstić information content (AvgIpc) is 2.84. The van der Waals surface area contributed by atoms with Gasteiger partial charge in [-0.3, -0.25) is 4.79 Å². The lowest BCUT2D eigenvalue weighted by Crippen LogP contribution is -2.22. The van der Waals surface area contributed by atoms with E-state index in [1.54, 1.807) is 0 Å². The van der Waals surface area contributed by atoms with Crippen molar-refractivity contribution in [3.8, 4) is 0 Å². The Morgan fingerprint density at radius 2 is 2.32 bits per heavy atom. The fraction of sp³-hybridized carbons (Fsp3) is 0.643. The number of carbonyl (C=O) groups is 1. The second kappa shape index (κ2) is 5.99. The van der Waals surface area contributed by atoms with Gasteiger partial charge in [-0.2, -0.15) is 0 Å². The standard InChI is InChI=1S/C14H21N3O2/c1-3-12-15-10(2)8-13(16-12)17-7-6-11(9-17)4-5-14(18)19/h8,11H,3-7,9H2,1-2H3,(H,18,19). The van der Waals surface area contributed by atoms with Crippen molar-refractivity contribution in [2.75, 3.05) is 18.0 Å². The molecule has 0 bridgehead atoms. The van der Waals surface area contributed by atoms with Gasteiger partial charge in [0.05, 0.1) is 0 Å². The number of anilines is 1. The molecule has 1 aromatic rings. The van der Waals surface area contributed by atoms with E-state index in [-0.39, 0.29) is 6.42 Å². The van der Waals surface area contributed by atoms with Crippen LogP contribution in [0.3, 0.4) is 0 Å². The molecule has 0 aliphatic carbocycles. The summed E-state index contributed by atoms with van der Waals surface area (Å²) in [6, 6.07) is 2.01. The minimum absolute atomic E-state index is 0.265. The van der Waals surface area contributed by atoms with Crippen molar-refractivity contribution in [2.45, 2.75) is 39.5 Å². The number of aryl methyl sites for hydroxylation is 2. The van der Waals surface area contributed by atoms with Crippen LogP contribution in [0.25, 0.3) is 0 Å². The summed E-state index contributed by atoms with van der Waals surface area (Å²) in [5, 5.41) is 8.73. The van der Waals surface area contributed by atoms with Crippen LogP contribution >= 0.6 is 0 Å². The zero-order valence-electron chi connectivity index (χ0n) is 11.6. The van der Waals surface area contributed by atoms with Crippen LogP contribution in [0.15, 0.2) is 6.07 Å². The van der Waals surface area contributed by atoms with Crippen LogP contribution in [0.2, 0.25) is 0 Å². The molecular formula is C14H21N3O2. The molecule has 1 atom stereocenters. The van der Waals surface area contributed by atoms with E-state index in [1.807, 2.05) is 13.0 Å². The van der Waals surface area contributed by atoms with Gasteiger partial charge in [0.2, 0.25) is 0 Å². The van der Waals surface area contributed by atoms with E-state index in [9.17, 15) is 4.79 Å². The highest BCUT2D eigenvalue weighted by molar-refractivity contribution is 5.66. The maximum atomic E-state index is 10.6. The first-order valence-electron chi connectivity index (χ1n) is 6.89.